The van der Waals surface area contributed by atoms with Gasteiger partial charge in [0.2, 0.25) is 5.75 Å². The van der Waals surface area contributed by atoms with Gasteiger partial charge in [-0.2, -0.15) is 0 Å². The van der Waals surface area contributed by atoms with Crippen molar-refractivity contribution >= 4 is 34.8 Å². The summed E-state index contributed by atoms with van der Waals surface area (Å²) in [5.41, 5.74) is 1.84. The van der Waals surface area contributed by atoms with E-state index in [1.54, 1.807) is 42.5 Å². The molecule has 0 radical (unpaired) electrons. The smallest absolute Gasteiger partial charge is 0.211 e. The van der Waals surface area contributed by atoms with Crippen LogP contribution in [0.4, 0.5) is 0 Å². The minimum absolute atomic E-state index is 0.0183. The Kier molecular flexibility index (Phi) is 10.1. The Balaban J connectivity index is 1.56. The first kappa shape index (κ1) is 32.0. The lowest BCUT2D eigenvalue weighted by Crippen LogP contribution is -1.99. The second kappa shape index (κ2) is 14.2. The third kappa shape index (κ3) is 7.65. The standard InChI is InChI=1S/C34H29Cl3O8/c1-41-31-12-19-11-22(35)9-10-43-24-7-8-29(25(36)17-24)44-33-21(14-23(38)16-28(33)40)6-4-3-5-20-15-30(26(37)18-27(20)39)45-34(31)32(13-19)42-2/h3-4,7-9,12-18,38-40H,5-6,10-11H2,1-2H3/b4-3-,22-9+. The predicted octanol–water partition coefficient (Wildman–Crippen LogP) is 9.11. The molecule has 3 N–H and O–H groups in total. The van der Waals surface area contributed by atoms with Gasteiger partial charge in [-0.15, -0.1) is 0 Å². The molecule has 0 fully saturated rings. The molecule has 8 nitrogen and oxygen atoms in total. The fourth-order valence-corrected chi connectivity index (χ4v) is 5.30. The summed E-state index contributed by atoms with van der Waals surface area (Å²) in [6, 6.07) is 14.2. The maximum atomic E-state index is 10.6. The van der Waals surface area contributed by atoms with Crippen LogP contribution in [-0.4, -0.2) is 36.1 Å². The highest BCUT2D eigenvalue weighted by Crippen LogP contribution is 2.45. The van der Waals surface area contributed by atoms with E-state index in [1.807, 2.05) is 12.2 Å². The van der Waals surface area contributed by atoms with Crippen molar-refractivity contribution in [2.45, 2.75) is 19.3 Å². The minimum atomic E-state index is -0.258. The van der Waals surface area contributed by atoms with Crippen molar-refractivity contribution in [3.8, 4) is 57.5 Å². The first-order valence-electron chi connectivity index (χ1n) is 13.7. The molecule has 11 heteroatoms. The number of rotatable bonds is 2. The highest BCUT2D eigenvalue weighted by molar-refractivity contribution is 6.32. The van der Waals surface area contributed by atoms with E-state index >= 15 is 0 Å². The maximum absolute atomic E-state index is 10.6. The van der Waals surface area contributed by atoms with Crippen LogP contribution in [0.5, 0.6) is 57.5 Å². The Hall–Kier alpha value is -4.37. The molecular weight excluding hydrogens is 643 g/mol. The molecule has 4 aliphatic heterocycles. The number of halogens is 3. The van der Waals surface area contributed by atoms with E-state index in [-0.39, 0.29) is 57.6 Å². The monoisotopic (exact) mass is 670 g/mol. The number of phenols is 3. The van der Waals surface area contributed by atoms with E-state index < -0.39 is 0 Å². The summed E-state index contributed by atoms with van der Waals surface area (Å²) in [6.07, 6.45) is 6.32. The van der Waals surface area contributed by atoms with Crippen molar-refractivity contribution in [1.82, 2.24) is 0 Å². The average molecular weight is 672 g/mol. The molecule has 0 saturated carbocycles. The highest BCUT2D eigenvalue weighted by Gasteiger charge is 2.19. The normalized spacial score (nSPS) is 15.4. The molecular formula is C34H29Cl3O8. The zero-order chi connectivity index (χ0) is 32.1. The van der Waals surface area contributed by atoms with Gasteiger partial charge in [0, 0.05) is 40.8 Å². The van der Waals surface area contributed by atoms with Gasteiger partial charge in [-0.3, -0.25) is 0 Å². The number of methoxy groups -OCH3 is 2. The number of hydrogen-bond acceptors (Lipinski definition) is 8. The molecule has 0 aliphatic carbocycles. The van der Waals surface area contributed by atoms with E-state index in [2.05, 4.69) is 0 Å². The molecule has 4 heterocycles. The molecule has 0 unspecified atom stereocenters. The molecule has 4 aromatic carbocycles. The zero-order valence-corrected chi connectivity index (χ0v) is 26.5. The van der Waals surface area contributed by atoms with Crippen LogP contribution < -0.4 is 23.7 Å². The van der Waals surface area contributed by atoms with Crippen molar-refractivity contribution in [3.63, 3.8) is 0 Å². The van der Waals surface area contributed by atoms with E-state index in [4.69, 9.17) is 58.5 Å². The molecule has 4 aliphatic rings. The van der Waals surface area contributed by atoms with Crippen molar-refractivity contribution in [3.05, 3.63) is 105 Å². The topological polar surface area (TPSA) is 107 Å². The van der Waals surface area contributed by atoms with Gasteiger partial charge in [-0.05, 0) is 60.9 Å². The Bertz CT molecular complexity index is 1760. The molecule has 0 amide bonds. The SMILES string of the molecule is COc1cc2cc(OC)c1Oc1cc(c(O)cc1Cl)C/C=C\Cc1cc(O)cc(O)c1Oc1ccc(cc1Cl)OC/C=C(/Cl)C2. The van der Waals surface area contributed by atoms with Crippen LogP contribution in [0.1, 0.15) is 16.7 Å². The lowest BCUT2D eigenvalue weighted by Gasteiger charge is -2.17. The Morgan fingerprint density at radius 2 is 1.36 bits per heavy atom. The average Bonchev–Trinajstić information content (AvgIpc) is 2.99. The highest BCUT2D eigenvalue weighted by atomic mass is 35.5. The van der Waals surface area contributed by atoms with Gasteiger partial charge in [0.25, 0.3) is 0 Å². The number of benzene rings is 4. The second-order valence-electron chi connectivity index (χ2n) is 10.0. The number of ether oxygens (including phenoxy) is 5. The number of allylic oxidation sites excluding steroid dienone is 3. The van der Waals surface area contributed by atoms with Gasteiger partial charge in [0.1, 0.15) is 35.4 Å². The van der Waals surface area contributed by atoms with Crippen molar-refractivity contribution in [1.29, 1.82) is 0 Å². The second-order valence-corrected chi connectivity index (χ2v) is 11.3. The molecule has 6 bridgehead atoms. The number of aromatic hydroxyl groups is 3. The van der Waals surface area contributed by atoms with E-state index in [1.165, 1.54) is 32.4 Å². The quantitative estimate of drug-likeness (QED) is 0.181. The van der Waals surface area contributed by atoms with Crippen molar-refractivity contribution < 1.29 is 39.0 Å². The fraction of sp³-hybridized carbons (Fsp3) is 0.176. The van der Waals surface area contributed by atoms with Crippen LogP contribution >= 0.6 is 34.8 Å². The molecule has 234 valence electrons. The Morgan fingerprint density at radius 3 is 2.04 bits per heavy atom. The number of hydrogen-bond donors (Lipinski definition) is 3. The van der Waals surface area contributed by atoms with Crippen LogP contribution in [0.3, 0.4) is 0 Å². The molecule has 0 aromatic heterocycles. The Labute approximate surface area is 275 Å². The van der Waals surface area contributed by atoms with Crippen LogP contribution in [0.25, 0.3) is 0 Å². The summed E-state index contributed by atoms with van der Waals surface area (Å²) in [5, 5.41) is 32.3. The van der Waals surface area contributed by atoms with Crippen LogP contribution in [0.2, 0.25) is 10.0 Å². The van der Waals surface area contributed by atoms with E-state index in [9.17, 15) is 15.3 Å². The summed E-state index contributed by atoms with van der Waals surface area (Å²) in [6.45, 7) is 0.168. The van der Waals surface area contributed by atoms with Crippen LogP contribution in [0, 0.1) is 0 Å². The molecule has 0 spiro atoms. The van der Waals surface area contributed by atoms with Gasteiger partial charge >= 0.3 is 0 Å². The fourth-order valence-electron chi connectivity index (χ4n) is 4.68. The first-order chi connectivity index (χ1) is 21.6. The van der Waals surface area contributed by atoms with Gasteiger partial charge in [-0.25, -0.2) is 0 Å². The maximum Gasteiger partial charge on any atom is 0.211 e. The van der Waals surface area contributed by atoms with Crippen LogP contribution in [0.15, 0.2) is 77.9 Å². The lowest BCUT2D eigenvalue weighted by atomic mass is 10.1. The first-order valence-corrected chi connectivity index (χ1v) is 14.9. The third-order valence-corrected chi connectivity index (χ3v) is 7.76. The largest absolute Gasteiger partial charge is 0.508 e. The summed E-state index contributed by atoms with van der Waals surface area (Å²) in [5.74, 6) is 1.86. The van der Waals surface area contributed by atoms with Gasteiger partial charge in [0.15, 0.2) is 23.0 Å². The summed E-state index contributed by atoms with van der Waals surface area (Å²) in [4.78, 5) is 0. The zero-order valence-electron chi connectivity index (χ0n) is 24.3. The lowest BCUT2D eigenvalue weighted by molar-refractivity contribution is 0.345. The third-order valence-electron chi connectivity index (χ3n) is 6.88. The van der Waals surface area contributed by atoms with Crippen molar-refractivity contribution in [2.24, 2.45) is 0 Å². The molecule has 8 rings (SSSR count). The predicted molar refractivity (Wildman–Crippen MR) is 174 cm³/mol. The minimum Gasteiger partial charge on any atom is -0.508 e. The summed E-state index contributed by atoms with van der Waals surface area (Å²) < 4.78 is 29.3. The van der Waals surface area contributed by atoms with Crippen LogP contribution in [-0.2, 0) is 19.3 Å². The van der Waals surface area contributed by atoms with E-state index in [0.717, 1.165) is 5.56 Å². The summed E-state index contributed by atoms with van der Waals surface area (Å²) >= 11 is 19.5. The molecule has 45 heavy (non-hydrogen) atoms. The molecule has 4 aromatic rings. The van der Waals surface area contributed by atoms with Gasteiger partial charge in [-0.1, -0.05) is 47.0 Å². The van der Waals surface area contributed by atoms with Crippen molar-refractivity contribution in [2.75, 3.05) is 20.8 Å². The molecule has 0 atom stereocenters. The molecule has 0 saturated heterocycles. The Morgan fingerprint density at radius 1 is 0.689 bits per heavy atom. The van der Waals surface area contributed by atoms with Gasteiger partial charge in [0.05, 0.1) is 24.3 Å². The number of phenolic OH excluding ortho intramolecular Hbond substituents is 3. The van der Waals surface area contributed by atoms with E-state index in [0.29, 0.717) is 52.0 Å². The van der Waals surface area contributed by atoms with Gasteiger partial charge < -0.3 is 39.0 Å². The summed E-state index contributed by atoms with van der Waals surface area (Å²) in [7, 11) is 3.03.